The number of aromatic nitrogens is 1. The van der Waals surface area contributed by atoms with Gasteiger partial charge in [-0.2, -0.15) is 0 Å². The van der Waals surface area contributed by atoms with Crippen molar-refractivity contribution in [2.24, 2.45) is 0 Å². The molecule has 66 valence electrons. The molecule has 0 saturated carbocycles. The summed E-state index contributed by atoms with van der Waals surface area (Å²) in [5.74, 6) is 0.357. The number of thiazole rings is 1. The lowest BCUT2D eigenvalue weighted by atomic mass is 10.2. The van der Waals surface area contributed by atoms with Crippen LogP contribution in [0.15, 0.2) is 6.20 Å². The molecule has 0 radical (unpaired) electrons. The standard InChI is InChI=1S/C7H10N2O2S/c1-5(2)7-8-3-6(12-7)4-9(10)11/h3,5H,4H2,1-2H3. The molecule has 1 rings (SSSR count). The van der Waals surface area contributed by atoms with Crippen LogP contribution in [0.5, 0.6) is 0 Å². The fourth-order valence-corrected chi connectivity index (χ4v) is 1.68. The fourth-order valence-electron chi connectivity index (χ4n) is 0.790. The molecule has 12 heavy (non-hydrogen) atoms. The summed E-state index contributed by atoms with van der Waals surface area (Å²) in [7, 11) is 0. The molecular formula is C7H10N2O2S. The van der Waals surface area contributed by atoms with Crippen LogP contribution in [0.1, 0.15) is 29.7 Å². The van der Waals surface area contributed by atoms with Crippen molar-refractivity contribution in [2.45, 2.75) is 26.3 Å². The van der Waals surface area contributed by atoms with E-state index >= 15 is 0 Å². The Labute approximate surface area is 74.4 Å². The van der Waals surface area contributed by atoms with E-state index in [1.165, 1.54) is 11.3 Å². The fraction of sp³-hybridized carbons (Fsp3) is 0.571. The zero-order chi connectivity index (χ0) is 9.14. The highest BCUT2D eigenvalue weighted by molar-refractivity contribution is 7.11. The molecule has 0 amide bonds. The predicted octanol–water partition coefficient (Wildman–Crippen LogP) is 2.04. The molecule has 4 nitrogen and oxygen atoms in total. The second-order valence-corrected chi connectivity index (χ2v) is 3.96. The van der Waals surface area contributed by atoms with Crippen LogP contribution in [-0.4, -0.2) is 9.91 Å². The van der Waals surface area contributed by atoms with E-state index in [9.17, 15) is 10.1 Å². The average Bonchev–Trinajstić information content (AvgIpc) is 2.34. The third kappa shape index (κ3) is 2.27. The Morgan fingerprint density at radius 1 is 1.75 bits per heavy atom. The van der Waals surface area contributed by atoms with Crippen molar-refractivity contribution in [1.29, 1.82) is 0 Å². The SMILES string of the molecule is CC(C)c1ncc(C[N+](=O)[O-])s1. The van der Waals surface area contributed by atoms with Gasteiger partial charge < -0.3 is 0 Å². The maximum Gasteiger partial charge on any atom is 0.239 e. The summed E-state index contributed by atoms with van der Waals surface area (Å²) in [6, 6.07) is 0. The van der Waals surface area contributed by atoms with Crippen LogP contribution >= 0.6 is 11.3 Å². The van der Waals surface area contributed by atoms with E-state index in [-0.39, 0.29) is 11.5 Å². The molecule has 0 N–H and O–H groups in total. The lowest BCUT2D eigenvalue weighted by Crippen LogP contribution is -1.94. The first-order chi connectivity index (χ1) is 5.59. The third-order valence-electron chi connectivity index (χ3n) is 1.35. The summed E-state index contributed by atoms with van der Waals surface area (Å²) in [6.07, 6.45) is 1.59. The molecule has 5 heteroatoms. The van der Waals surface area contributed by atoms with Gasteiger partial charge in [0.2, 0.25) is 6.54 Å². The van der Waals surface area contributed by atoms with E-state index in [4.69, 9.17) is 0 Å². The Morgan fingerprint density at radius 3 is 2.83 bits per heavy atom. The molecule has 0 atom stereocenters. The van der Waals surface area contributed by atoms with Crippen LogP contribution in [0.2, 0.25) is 0 Å². The van der Waals surface area contributed by atoms with Crippen LogP contribution in [0.25, 0.3) is 0 Å². The molecule has 0 aliphatic carbocycles. The van der Waals surface area contributed by atoms with Gasteiger partial charge in [0.15, 0.2) is 0 Å². The van der Waals surface area contributed by atoms with E-state index in [1.807, 2.05) is 13.8 Å². The van der Waals surface area contributed by atoms with Gasteiger partial charge in [0.1, 0.15) is 0 Å². The molecule has 1 aromatic heterocycles. The zero-order valence-corrected chi connectivity index (χ0v) is 7.80. The smallest absolute Gasteiger partial charge is 0.239 e. The van der Waals surface area contributed by atoms with Gasteiger partial charge >= 0.3 is 0 Å². The molecule has 0 fully saturated rings. The van der Waals surface area contributed by atoms with Gasteiger partial charge in [-0.1, -0.05) is 13.8 Å². The number of hydrogen-bond donors (Lipinski definition) is 0. The largest absolute Gasteiger partial charge is 0.264 e. The van der Waals surface area contributed by atoms with Crippen LogP contribution in [0.4, 0.5) is 0 Å². The first-order valence-electron chi connectivity index (χ1n) is 3.66. The summed E-state index contributed by atoms with van der Waals surface area (Å²) in [6.45, 7) is 3.94. The van der Waals surface area contributed by atoms with E-state index in [1.54, 1.807) is 6.20 Å². The number of nitrogens with zero attached hydrogens (tertiary/aromatic N) is 2. The topological polar surface area (TPSA) is 56.0 Å². The summed E-state index contributed by atoms with van der Waals surface area (Å²) >= 11 is 1.42. The van der Waals surface area contributed by atoms with Crippen molar-refractivity contribution < 1.29 is 4.92 Å². The minimum atomic E-state index is -0.336. The number of hydrogen-bond acceptors (Lipinski definition) is 4. The highest BCUT2D eigenvalue weighted by atomic mass is 32.1. The van der Waals surface area contributed by atoms with E-state index in [0.29, 0.717) is 5.92 Å². The van der Waals surface area contributed by atoms with E-state index < -0.39 is 0 Å². The monoisotopic (exact) mass is 186 g/mol. The van der Waals surface area contributed by atoms with E-state index in [2.05, 4.69) is 4.98 Å². The highest BCUT2D eigenvalue weighted by Gasteiger charge is 2.09. The van der Waals surface area contributed by atoms with E-state index in [0.717, 1.165) is 9.88 Å². The van der Waals surface area contributed by atoms with Crippen LogP contribution in [0.3, 0.4) is 0 Å². The van der Waals surface area contributed by atoms with Crippen LogP contribution in [-0.2, 0) is 6.54 Å². The van der Waals surface area contributed by atoms with Crippen LogP contribution in [0, 0.1) is 10.1 Å². The van der Waals surface area contributed by atoms with Gasteiger partial charge in [0.25, 0.3) is 0 Å². The Kier molecular flexibility index (Phi) is 2.75. The molecule has 0 aromatic carbocycles. The molecule has 1 aromatic rings. The molecule has 0 aliphatic heterocycles. The molecule has 0 bridgehead atoms. The minimum Gasteiger partial charge on any atom is -0.264 e. The van der Waals surface area contributed by atoms with Crippen molar-refractivity contribution in [3.63, 3.8) is 0 Å². The summed E-state index contributed by atoms with van der Waals surface area (Å²) in [4.78, 5) is 14.6. The number of rotatable bonds is 3. The normalized spacial score (nSPS) is 10.6. The second-order valence-electron chi connectivity index (χ2n) is 2.81. The summed E-state index contributed by atoms with van der Waals surface area (Å²) in [5.41, 5.74) is 0. The second kappa shape index (κ2) is 3.62. The molecule has 0 saturated heterocycles. The highest BCUT2D eigenvalue weighted by Crippen LogP contribution is 2.21. The Morgan fingerprint density at radius 2 is 2.42 bits per heavy atom. The lowest BCUT2D eigenvalue weighted by molar-refractivity contribution is -0.496. The molecule has 1 heterocycles. The first-order valence-corrected chi connectivity index (χ1v) is 4.47. The number of nitro groups is 1. The van der Waals surface area contributed by atoms with Gasteiger partial charge in [-0.25, -0.2) is 4.98 Å². The lowest BCUT2D eigenvalue weighted by Gasteiger charge is -1.94. The molecule has 0 unspecified atom stereocenters. The quantitative estimate of drug-likeness (QED) is 0.536. The van der Waals surface area contributed by atoms with Gasteiger partial charge in [-0.3, -0.25) is 10.1 Å². The van der Waals surface area contributed by atoms with Crippen molar-refractivity contribution in [1.82, 2.24) is 4.98 Å². The molecule has 0 aliphatic rings. The Bertz CT molecular complexity index is 283. The zero-order valence-electron chi connectivity index (χ0n) is 6.98. The van der Waals surface area contributed by atoms with Crippen molar-refractivity contribution in [3.05, 3.63) is 26.2 Å². The molecule has 0 spiro atoms. The van der Waals surface area contributed by atoms with Gasteiger partial charge in [-0.15, -0.1) is 11.3 Å². The minimum absolute atomic E-state index is 0.107. The molecular weight excluding hydrogens is 176 g/mol. The van der Waals surface area contributed by atoms with Gasteiger partial charge in [0.05, 0.1) is 9.88 Å². The van der Waals surface area contributed by atoms with Crippen molar-refractivity contribution in [3.8, 4) is 0 Å². The predicted molar refractivity (Wildman–Crippen MR) is 46.9 cm³/mol. The Hall–Kier alpha value is -0.970. The summed E-state index contributed by atoms with van der Waals surface area (Å²) in [5, 5.41) is 11.1. The Balaban J connectivity index is 2.70. The maximum atomic E-state index is 10.1. The third-order valence-corrected chi connectivity index (χ3v) is 2.63. The maximum absolute atomic E-state index is 10.1. The summed E-state index contributed by atoms with van der Waals surface area (Å²) < 4.78 is 0. The first kappa shape index (κ1) is 9.12. The van der Waals surface area contributed by atoms with Crippen molar-refractivity contribution in [2.75, 3.05) is 0 Å². The average molecular weight is 186 g/mol. The van der Waals surface area contributed by atoms with Gasteiger partial charge in [-0.05, 0) is 0 Å². The van der Waals surface area contributed by atoms with Crippen molar-refractivity contribution >= 4 is 11.3 Å². The van der Waals surface area contributed by atoms with Gasteiger partial charge in [0, 0.05) is 17.0 Å². The van der Waals surface area contributed by atoms with Crippen LogP contribution < -0.4 is 0 Å².